The Morgan fingerprint density at radius 3 is 2.71 bits per heavy atom. The van der Waals surface area contributed by atoms with Crippen molar-refractivity contribution >= 4 is 0 Å². The van der Waals surface area contributed by atoms with Gasteiger partial charge in [0.05, 0.1) is 6.20 Å². The highest BCUT2D eigenvalue weighted by atomic mass is 15.3. The van der Waals surface area contributed by atoms with Crippen LogP contribution in [-0.2, 0) is 13.6 Å². The van der Waals surface area contributed by atoms with Crippen LogP contribution in [-0.4, -0.2) is 56.2 Å². The predicted octanol–water partition coefficient (Wildman–Crippen LogP) is 2.12. The van der Waals surface area contributed by atoms with Gasteiger partial charge in [0.1, 0.15) is 6.33 Å². The molecule has 2 atom stereocenters. The first-order chi connectivity index (χ1) is 11.7. The van der Waals surface area contributed by atoms with E-state index in [1.807, 2.05) is 30.3 Å². The van der Waals surface area contributed by atoms with Gasteiger partial charge in [0, 0.05) is 55.9 Å². The number of rotatable bonds is 6. The zero-order valence-electron chi connectivity index (χ0n) is 15.0. The molecular weight excluding hydrogens is 300 g/mol. The minimum atomic E-state index is 0.465. The first-order valence-corrected chi connectivity index (χ1v) is 8.82. The first kappa shape index (κ1) is 17.0. The quantitative estimate of drug-likeness (QED) is 0.813. The third kappa shape index (κ3) is 3.99. The van der Waals surface area contributed by atoms with Gasteiger partial charge < -0.3 is 4.90 Å². The van der Waals surface area contributed by atoms with Crippen molar-refractivity contribution in [2.75, 3.05) is 26.7 Å². The number of nitrogens with zero attached hydrogens (tertiary/aromatic N) is 6. The Morgan fingerprint density at radius 1 is 1.25 bits per heavy atom. The summed E-state index contributed by atoms with van der Waals surface area (Å²) in [4.78, 5) is 13.2. The van der Waals surface area contributed by atoms with Crippen LogP contribution < -0.4 is 0 Å². The molecule has 3 heterocycles. The lowest BCUT2D eigenvalue weighted by Crippen LogP contribution is -2.42. The molecule has 6 nitrogen and oxygen atoms in total. The number of hydrogen-bond donors (Lipinski definition) is 0. The zero-order chi connectivity index (χ0) is 16.9. The number of hydrogen-bond acceptors (Lipinski definition) is 5. The highest BCUT2D eigenvalue weighted by molar-refractivity contribution is 5.13. The Labute approximate surface area is 144 Å². The Hall–Kier alpha value is -1.79. The largest absolute Gasteiger partial charge is 0.302 e. The second kappa shape index (κ2) is 7.85. The van der Waals surface area contributed by atoms with E-state index in [0.29, 0.717) is 12.0 Å². The molecule has 6 heteroatoms. The summed E-state index contributed by atoms with van der Waals surface area (Å²) in [7, 11) is 4.19. The number of likely N-dealkylation sites (tertiary alicyclic amines) is 1. The fourth-order valence-electron chi connectivity index (χ4n) is 3.96. The van der Waals surface area contributed by atoms with Gasteiger partial charge in [-0.05, 0) is 38.9 Å². The lowest BCUT2D eigenvalue weighted by Gasteiger charge is -2.42. The average Bonchev–Trinajstić information content (AvgIpc) is 3.01. The molecule has 2 aromatic rings. The van der Waals surface area contributed by atoms with Crippen LogP contribution >= 0.6 is 0 Å². The van der Waals surface area contributed by atoms with Crippen LogP contribution in [0.4, 0.5) is 0 Å². The van der Waals surface area contributed by atoms with Crippen LogP contribution in [0.15, 0.2) is 31.1 Å². The zero-order valence-corrected chi connectivity index (χ0v) is 15.0. The monoisotopic (exact) mass is 328 g/mol. The van der Waals surface area contributed by atoms with Crippen molar-refractivity contribution in [1.29, 1.82) is 0 Å². The van der Waals surface area contributed by atoms with E-state index in [2.05, 4.69) is 45.0 Å². The Morgan fingerprint density at radius 2 is 2.04 bits per heavy atom. The molecule has 3 rings (SSSR count). The standard InChI is InChI=1S/C18H28N6/c1-4-24-7-5-6-16(18(24)17-10-21-23(3)13-17)12-22(2)11-15-8-19-14-20-9-15/h8-10,13-14,16,18H,4-7,11-12H2,1-3H3/t16-,18+/m0/s1. The normalized spacial score (nSPS) is 22.2. The molecule has 0 unspecified atom stereocenters. The van der Waals surface area contributed by atoms with Gasteiger partial charge in [-0.15, -0.1) is 0 Å². The van der Waals surface area contributed by atoms with Crippen molar-refractivity contribution in [3.05, 3.63) is 42.2 Å². The van der Waals surface area contributed by atoms with Crippen molar-refractivity contribution in [3.8, 4) is 0 Å². The molecule has 0 spiro atoms. The molecule has 0 saturated carbocycles. The summed E-state index contributed by atoms with van der Waals surface area (Å²) in [5, 5.41) is 4.40. The molecule has 2 aromatic heterocycles. The lowest BCUT2D eigenvalue weighted by molar-refractivity contribution is 0.0749. The van der Waals surface area contributed by atoms with E-state index in [9.17, 15) is 0 Å². The van der Waals surface area contributed by atoms with Crippen LogP contribution in [0.2, 0.25) is 0 Å². The first-order valence-electron chi connectivity index (χ1n) is 8.82. The van der Waals surface area contributed by atoms with E-state index in [1.54, 1.807) is 6.33 Å². The summed E-state index contributed by atoms with van der Waals surface area (Å²) in [6.07, 6.45) is 12.2. The number of aryl methyl sites for hydroxylation is 1. The van der Waals surface area contributed by atoms with Gasteiger partial charge in [-0.25, -0.2) is 9.97 Å². The predicted molar refractivity (Wildman–Crippen MR) is 94.3 cm³/mol. The molecular formula is C18H28N6. The summed E-state index contributed by atoms with van der Waals surface area (Å²) in [6.45, 7) is 6.50. The molecule has 0 bridgehead atoms. The molecule has 130 valence electrons. The minimum Gasteiger partial charge on any atom is -0.302 e. The van der Waals surface area contributed by atoms with Gasteiger partial charge in [0.15, 0.2) is 0 Å². The Bertz CT molecular complexity index is 625. The smallest absolute Gasteiger partial charge is 0.115 e. The van der Waals surface area contributed by atoms with Crippen LogP contribution in [0, 0.1) is 5.92 Å². The van der Waals surface area contributed by atoms with E-state index < -0.39 is 0 Å². The van der Waals surface area contributed by atoms with E-state index in [1.165, 1.54) is 30.5 Å². The summed E-state index contributed by atoms with van der Waals surface area (Å²) < 4.78 is 1.92. The molecule has 0 aliphatic carbocycles. The summed E-state index contributed by atoms with van der Waals surface area (Å²) in [5.41, 5.74) is 2.52. The number of aromatic nitrogens is 4. The summed E-state index contributed by atoms with van der Waals surface area (Å²) in [6, 6.07) is 0.465. The van der Waals surface area contributed by atoms with E-state index in [-0.39, 0.29) is 0 Å². The fourth-order valence-corrected chi connectivity index (χ4v) is 3.96. The van der Waals surface area contributed by atoms with Gasteiger partial charge >= 0.3 is 0 Å². The van der Waals surface area contributed by atoms with Gasteiger partial charge in [-0.3, -0.25) is 9.58 Å². The van der Waals surface area contributed by atoms with Crippen LogP contribution in [0.3, 0.4) is 0 Å². The maximum atomic E-state index is 4.40. The second-order valence-corrected chi connectivity index (χ2v) is 6.87. The maximum Gasteiger partial charge on any atom is 0.115 e. The molecule has 24 heavy (non-hydrogen) atoms. The van der Waals surface area contributed by atoms with Crippen molar-refractivity contribution in [2.45, 2.75) is 32.4 Å². The molecule has 0 amide bonds. The average molecular weight is 328 g/mol. The fraction of sp³-hybridized carbons (Fsp3) is 0.611. The van der Waals surface area contributed by atoms with Crippen molar-refractivity contribution in [2.24, 2.45) is 13.0 Å². The van der Waals surface area contributed by atoms with Crippen molar-refractivity contribution in [1.82, 2.24) is 29.5 Å². The molecule has 0 radical (unpaired) electrons. The molecule has 0 N–H and O–H groups in total. The third-order valence-electron chi connectivity index (χ3n) is 4.95. The van der Waals surface area contributed by atoms with Gasteiger partial charge in [-0.2, -0.15) is 5.10 Å². The molecule has 1 saturated heterocycles. The van der Waals surface area contributed by atoms with Gasteiger partial charge in [0.2, 0.25) is 0 Å². The molecule has 1 aliphatic rings. The van der Waals surface area contributed by atoms with E-state index in [0.717, 1.165) is 19.6 Å². The third-order valence-corrected chi connectivity index (χ3v) is 4.95. The summed E-state index contributed by atoms with van der Waals surface area (Å²) >= 11 is 0. The highest BCUT2D eigenvalue weighted by Crippen LogP contribution is 2.36. The number of piperidine rings is 1. The highest BCUT2D eigenvalue weighted by Gasteiger charge is 2.33. The lowest BCUT2D eigenvalue weighted by atomic mass is 9.85. The van der Waals surface area contributed by atoms with E-state index >= 15 is 0 Å². The maximum absolute atomic E-state index is 4.40. The summed E-state index contributed by atoms with van der Waals surface area (Å²) in [5.74, 6) is 0.623. The van der Waals surface area contributed by atoms with Crippen LogP contribution in [0.5, 0.6) is 0 Å². The van der Waals surface area contributed by atoms with E-state index in [4.69, 9.17) is 0 Å². The SMILES string of the molecule is CCN1CCC[C@@H](CN(C)Cc2cncnc2)[C@@H]1c1cnn(C)c1. The van der Waals surface area contributed by atoms with Gasteiger partial charge in [0.25, 0.3) is 0 Å². The topological polar surface area (TPSA) is 50.1 Å². The minimum absolute atomic E-state index is 0.465. The molecule has 1 fully saturated rings. The molecule has 0 aromatic carbocycles. The Kier molecular flexibility index (Phi) is 5.58. The second-order valence-electron chi connectivity index (χ2n) is 6.87. The van der Waals surface area contributed by atoms with Crippen LogP contribution in [0.1, 0.15) is 36.9 Å². The van der Waals surface area contributed by atoms with Crippen molar-refractivity contribution in [3.63, 3.8) is 0 Å². The molecule has 1 aliphatic heterocycles. The van der Waals surface area contributed by atoms with Gasteiger partial charge in [-0.1, -0.05) is 6.92 Å². The Balaban J connectivity index is 1.71. The van der Waals surface area contributed by atoms with Crippen molar-refractivity contribution < 1.29 is 0 Å². The van der Waals surface area contributed by atoms with Crippen LogP contribution in [0.25, 0.3) is 0 Å².